The molecule has 1 aliphatic rings. The molecule has 0 bridgehead atoms. The van der Waals surface area contributed by atoms with Crippen LogP contribution in [0.5, 0.6) is 0 Å². The molecule has 0 unspecified atom stereocenters. The summed E-state index contributed by atoms with van der Waals surface area (Å²) in [6, 6.07) is 15.6. The van der Waals surface area contributed by atoms with Crippen molar-refractivity contribution in [2.45, 2.75) is 26.3 Å². The zero-order chi connectivity index (χ0) is 12.1. The van der Waals surface area contributed by atoms with Gasteiger partial charge >= 0.3 is 0 Å². The molecule has 0 spiro atoms. The van der Waals surface area contributed by atoms with Crippen LogP contribution in [0.15, 0.2) is 42.5 Å². The molecule has 4 rings (SSSR count). The fourth-order valence-corrected chi connectivity index (χ4v) is 2.92. The highest BCUT2D eigenvalue weighted by molar-refractivity contribution is 6.08. The van der Waals surface area contributed by atoms with Crippen LogP contribution >= 0.6 is 0 Å². The molecule has 0 radical (unpaired) electrons. The molecular formula is C17H17N. The Balaban J connectivity index is 2.09. The van der Waals surface area contributed by atoms with Gasteiger partial charge in [0.15, 0.2) is 0 Å². The Morgan fingerprint density at radius 3 is 2.61 bits per heavy atom. The Labute approximate surface area is 107 Å². The van der Waals surface area contributed by atoms with Crippen molar-refractivity contribution in [1.82, 2.24) is 4.57 Å². The number of aryl methyl sites for hydroxylation is 1. The molecule has 2 aromatic carbocycles. The van der Waals surface area contributed by atoms with Crippen molar-refractivity contribution in [3.8, 4) is 0 Å². The maximum Gasteiger partial charge on any atom is 0.0491 e. The summed E-state index contributed by atoms with van der Waals surface area (Å²) in [5, 5.41) is 2.81. The minimum atomic E-state index is 0.908. The van der Waals surface area contributed by atoms with Gasteiger partial charge in [-0.3, -0.25) is 0 Å². The van der Waals surface area contributed by atoms with Crippen molar-refractivity contribution < 1.29 is 0 Å². The minimum absolute atomic E-state index is 0.908. The predicted octanol–water partition coefficient (Wildman–Crippen LogP) is 4.51. The van der Waals surface area contributed by atoms with Crippen molar-refractivity contribution in [2.24, 2.45) is 5.92 Å². The van der Waals surface area contributed by atoms with Crippen LogP contribution in [0.2, 0.25) is 0 Å². The fraction of sp³-hybridized carbons (Fsp3) is 0.294. The maximum atomic E-state index is 2.52. The monoisotopic (exact) mass is 235 g/mol. The minimum Gasteiger partial charge on any atom is -0.340 e. The fourth-order valence-electron chi connectivity index (χ4n) is 2.92. The van der Waals surface area contributed by atoms with Gasteiger partial charge < -0.3 is 4.57 Å². The number of fused-ring (bicyclic) bond motifs is 3. The van der Waals surface area contributed by atoms with E-state index in [-0.39, 0.29) is 0 Å². The third kappa shape index (κ3) is 1.47. The molecule has 90 valence electrons. The number of hydrogen-bond acceptors (Lipinski definition) is 0. The van der Waals surface area contributed by atoms with E-state index in [1.807, 2.05) is 0 Å². The van der Waals surface area contributed by atoms with E-state index < -0.39 is 0 Å². The zero-order valence-corrected chi connectivity index (χ0v) is 10.7. The van der Waals surface area contributed by atoms with Gasteiger partial charge in [0.2, 0.25) is 0 Å². The van der Waals surface area contributed by atoms with Gasteiger partial charge in [0.25, 0.3) is 0 Å². The van der Waals surface area contributed by atoms with Gasteiger partial charge in [0.1, 0.15) is 0 Å². The number of rotatable bonds is 2. The van der Waals surface area contributed by atoms with Crippen LogP contribution < -0.4 is 0 Å². The third-order valence-electron chi connectivity index (χ3n) is 4.07. The summed E-state index contributed by atoms with van der Waals surface area (Å²) >= 11 is 0. The van der Waals surface area contributed by atoms with Crippen LogP contribution in [0.3, 0.4) is 0 Å². The lowest BCUT2D eigenvalue weighted by Gasteiger charge is -2.05. The SMILES string of the molecule is Cc1ccc2c(c1)c1ccccc1n2CC1CC1. The first kappa shape index (κ1) is 10.2. The van der Waals surface area contributed by atoms with E-state index in [1.165, 1.54) is 46.8 Å². The smallest absolute Gasteiger partial charge is 0.0491 e. The topological polar surface area (TPSA) is 4.93 Å². The highest BCUT2D eigenvalue weighted by atomic mass is 15.0. The summed E-state index contributed by atoms with van der Waals surface area (Å²) in [5.74, 6) is 0.908. The van der Waals surface area contributed by atoms with Gasteiger partial charge in [0, 0.05) is 28.4 Å². The van der Waals surface area contributed by atoms with Gasteiger partial charge in [-0.1, -0.05) is 29.8 Å². The predicted molar refractivity (Wildman–Crippen MR) is 76.9 cm³/mol. The standard InChI is InChI=1S/C17H17N/c1-12-6-9-17-15(10-12)14-4-2-3-5-16(14)18(17)11-13-7-8-13/h2-6,9-10,13H,7-8,11H2,1H3. The average molecular weight is 235 g/mol. The summed E-state index contributed by atoms with van der Waals surface area (Å²) in [4.78, 5) is 0. The maximum absolute atomic E-state index is 2.52. The molecule has 0 saturated heterocycles. The Kier molecular flexibility index (Phi) is 2.05. The van der Waals surface area contributed by atoms with Gasteiger partial charge in [-0.25, -0.2) is 0 Å². The summed E-state index contributed by atoms with van der Waals surface area (Å²) in [7, 11) is 0. The Bertz CT molecular complexity index is 732. The van der Waals surface area contributed by atoms with E-state index >= 15 is 0 Å². The van der Waals surface area contributed by atoms with E-state index in [0.717, 1.165) is 5.92 Å². The summed E-state index contributed by atoms with van der Waals surface area (Å²) in [6.07, 6.45) is 2.81. The van der Waals surface area contributed by atoms with Gasteiger partial charge in [-0.2, -0.15) is 0 Å². The van der Waals surface area contributed by atoms with E-state index in [9.17, 15) is 0 Å². The van der Waals surface area contributed by atoms with Crippen LogP contribution in [-0.2, 0) is 6.54 Å². The zero-order valence-electron chi connectivity index (χ0n) is 10.7. The summed E-state index contributed by atoms with van der Waals surface area (Å²) < 4.78 is 2.52. The third-order valence-corrected chi connectivity index (χ3v) is 4.07. The highest BCUT2D eigenvalue weighted by Crippen LogP contribution is 2.36. The second-order valence-electron chi connectivity index (χ2n) is 5.59. The second-order valence-corrected chi connectivity index (χ2v) is 5.59. The first-order chi connectivity index (χ1) is 8.83. The number of benzene rings is 2. The molecular weight excluding hydrogens is 218 g/mol. The molecule has 1 aromatic heterocycles. The average Bonchev–Trinajstić information content (AvgIpc) is 3.15. The molecule has 1 aliphatic carbocycles. The van der Waals surface area contributed by atoms with Gasteiger partial charge in [-0.05, 0) is 43.9 Å². The molecule has 0 aliphatic heterocycles. The van der Waals surface area contributed by atoms with Crippen LogP contribution in [0.4, 0.5) is 0 Å². The Hall–Kier alpha value is -1.76. The first-order valence-electron chi connectivity index (χ1n) is 6.80. The number of nitrogens with zero attached hydrogens (tertiary/aromatic N) is 1. The lowest BCUT2D eigenvalue weighted by molar-refractivity contribution is 0.664. The molecule has 1 nitrogen and oxygen atoms in total. The molecule has 3 aromatic rings. The van der Waals surface area contributed by atoms with E-state index in [1.54, 1.807) is 0 Å². The lowest BCUT2D eigenvalue weighted by atomic mass is 10.1. The largest absolute Gasteiger partial charge is 0.340 e. The molecule has 0 amide bonds. The van der Waals surface area contributed by atoms with Crippen molar-refractivity contribution in [1.29, 1.82) is 0 Å². The summed E-state index contributed by atoms with van der Waals surface area (Å²) in [6.45, 7) is 3.36. The van der Waals surface area contributed by atoms with Gasteiger partial charge in [0.05, 0.1) is 0 Å². The molecule has 1 saturated carbocycles. The van der Waals surface area contributed by atoms with E-state index in [0.29, 0.717) is 0 Å². The molecule has 0 atom stereocenters. The van der Waals surface area contributed by atoms with E-state index in [2.05, 4.69) is 54.0 Å². The molecule has 1 heterocycles. The van der Waals surface area contributed by atoms with Crippen LogP contribution in [-0.4, -0.2) is 4.57 Å². The second kappa shape index (κ2) is 3.61. The number of hydrogen-bond donors (Lipinski definition) is 0. The molecule has 18 heavy (non-hydrogen) atoms. The van der Waals surface area contributed by atoms with Crippen molar-refractivity contribution in [2.75, 3.05) is 0 Å². The molecule has 0 N–H and O–H groups in total. The Morgan fingerprint density at radius 1 is 1.00 bits per heavy atom. The number of para-hydroxylation sites is 1. The van der Waals surface area contributed by atoms with Gasteiger partial charge in [-0.15, -0.1) is 0 Å². The Morgan fingerprint density at radius 2 is 1.78 bits per heavy atom. The molecule has 1 fully saturated rings. The van der Waals surface area contributed by atoms with Crippen molar-refractivity contribution >= 4 is 21.8 Å². The lowest BCUT2D eigenvalue weighted by Crippen LogP contribution is -1.98. The van der Waals surface area contributed by atoms with Crippen LogP contribution in [0.1, 0.15) is 18.4 Å². The van der Waals surface area contributed by atoms with Crippen LogP contribution in [0.25, 0.3) is 21.8 Å². The highest BCUT2D eigenvalue weighted by Gasteiger charge is 2.23. The number of aromatic nitrogens is 1. The van der Waals surface area contributed by atoms with Crippen molar-refractivity contribution in [3.05, 3.63) is 48.0 Å². The quantitative estimate of drug-likeness (QED) is 0.615. The van der Waals surface area contributed by atoms with E-state index in [4.69, 9.17) is 0 Å². The van der Waals surface area contributed by atoms with Crippen molar-refractivity contribution in [3.63, 3.8) is 0 Å². The molecule has 1 heteroatoms. The summed E-state index contributed by atoms with van der Waals surface area (Å²) in [5.41, 5.74) is 4.13. The normalized spacial score (nSPS) is 15.6. The first-order valence-corrected chi connectivity index (χ1v) is 6.80. The van der Waals surface area contributed by atoms with Crippen LogP contribution in [0, 0.1) is 12.8 Å².